The molecule has 2 heteroatoms. The van der Waals surface area contributed by atoms with Gasteiger partial charge in [0.05, 0.1) is 6.61 Å². The van der Waals surface area contributed by atoms with Crippen LogP contribution >= 0.6 is 0 Å². The van der Waals surface area contributed by atoms with Crippen LogP contribution in [0, 0.1) is 0 Å². The zero-order valence-electron chi connectivity index (χ0n) is 20.6. The van der Waals surface area contributed by atoms with Crippen molar-refractivity contribution >= 4 is 5.97 Å². The molecule has 0 bridgehead atoms. The second-order valence-corrected chi connectivity index (χ2v) is 9.12. The van der Waals surface area contributed by atoms with Gasteiger partial charge in [-0.2, -0.15) is 0 Å². The van der Waals surface area contributed by atoms with Crippen LogP contribution in [0.3, 0.4) is 0 Å². The fourth-order valence-electron chi connectivity index (χ4n) is 4.00. The van der Waals surface area contributed by atoms with Gasteiger partial charge in [-0.05, 0) is 25.7 Å². The molecule has 0 saturated heterocycles. The molecule has 30 heavy (non-hydrogen) atoms. The Hall–Kier alpha value is -0.790. The van der Waals surface area contributed by atoms with Crippen LogP contribution in [0.4, 0.5) is 0 Å². The third kappa shape index (κ3) is 25.2. The summed E-state index contributed by atoms with van der Waals surface area (Å²) in [5.74, 6) is 0.00650. The van der Waals surface area contributed by atoms with E-state index in [4.69, 9.17) is 4.74 Å². The SMILES string of the molecule is C=CCCCCCCCCC(=O)OCCCCCCCCCCCCCCCCC. The quantitative estimate of drug-likeness (QED) is 0.0831. The maximum absolute atomic E-state index is 11.7. The number of allylic oxidation sites excluding steroid dienone is 1. The molecule has 0 aromatic rings. The van der Waals surface area contributed by atoms with Crippen LogP contribution in [0.25, 0.3) is 0 Å². The highest BCUT2D eigenvalue weighted by molar-refractivity contribution is 5.69. The van der Waals surface area contributed by atoms with Gasteiger partial charge in [0.25, 0.3) is 0 Å². The van der Waals surface area contributed by atoms with Crippen LogP contribution < -0.4 is 0 Å². The number of ether oxygens (including phenoxy) is 1. The van der Waals surface area contributed by atoms with Gasteiger partial charge < -0.3 is 4.74 Å². The summed E-state index contributed by atoms with van der Waals surface area (Å²) in [6, 6.07) is 0. The van der Waals surface area contributed by atoms with Crippen LogP contribution in [0.2, 0.25) is 0 Å². The van der Waals surface area contributed by atoms with E-state index in [9.17, 15) is 4.79 Å². The highest BCUT2D eigenvalue weighted by Crippen LogP contribution is 2.13. The molecule has 0 saturated carbocycles. The molecule has 2 nitrogen and oxygen atoms in total. The minimum absolute atomic E-state index is 0.00650. The van der Waals surface area contributed by atoms with Gasteiger partial charge in [-0.25, -0.2) is 0 Å². The fraction of sp³-hybridized carbons (Fsp3) is 0.893. The van der Waals surface area contributed by atoms with Crippen LogP contribution in [0.15, 0.2) is 12.7 Å². The van der Waals surface area contributed by atoms with Crippen molar-refractivity contribution in [2.45, 2.75) is 155 Å². The van der Waals surface area contributed by atoms with Crippen molar-refractivity contribution in [2.24, 2.45) is 0 Å². The van der Waals surface area contributed by atoms with Gasteiger partial charge in [-0.15, -0.1) is 6.58 Å². The molecule has 0 aliphatic heterocycles. The van der Waals surface area contributed by atoms with Crippen molar-refractivity contribution in [2.75, 3.05) is 6.61 Å². The summed E-state index contributed by atoms with van der Waals surface area (Å²) in [4.78, 5) is 11.7. The molecule has 0 aliphatic carbocycles. The largest absolute Gasteiger partial charge is 0.466 e. The van der Waals surface area contributed by atoms with Crippen molar-refractivity contribution in [3.63, 3.8) is 0 Å². The van der Waals surface area contributed by atoms with E-state index >= 15 is 0 Å². The molecule has 0 radical (unpaired) electrons. The zero-order valence-corrected chi connectivity index (χ0v) is 20.6. The predicted molar refractivity (Wildman–Crippen MR) is 133 cm³/mol. The first-order chi connectivity index (χ1) is 14.8. The Kier molecular flexibility index (Phi) is 25.6. The molecule has 0 aliphatic rings. The minimum atomic E-state index is 0.00650. The number of hydrogen-bond acceptors (Lipinski definition) is 2. The van der Waals surface area contributed by atoms with Gasteiger partial charge in [-0.3, -0.25) is 4.79 Å². The standard InChI is InChI=1S/C28H54O2/c1-3-5-7-9-11-13-14-15-16-17-18-19-21-23-25-27-30-28(29)26-24-22-20-12-10-8-6-4-2/h4H,2-3,5-27H2,1H3. The number of esters is 1. The molecule has 0 heterocycles. The number of carbonyl (C=O) groups is 1. The van der Waals surface area contributed by atoms with E-state index in [1.165, 1.54) is 116 Å². The van der Waals surface area contributed by atoms with Crippen molar-refractivity contribution in [3.05, 3.63) is 12.7 Å². The van der Waals surface area contributed by atoms with Gasteiger partial charge in [0, 0.05) is 6.42 Å². The monoisotopic (exact) mass is 422 g/mol. The first-order valence-corrected chi connectivity index (χ1v) is 13.6. The average Bonchev–Trinajstić information content (AvgIpc) is 2.75. The molecule has 0 atom stereocenters. The molecular weight excluding hydrogens is 368 g/mol. The molecule has 0 fully saturated rings. The van der Waals surface area contributed by atoms with E-state index in [-0.39, 0.29) is 5.97 Å². The Balaban J connectivity index is 3.12. The normalized spacial score (nSPS) is 11.0. The van der Waals surface area contributed by atoms with Crippen LogP contribution in [-0.4, -0.2) is 12.6 Å². The van der Waals surface area contributed by atoms with Crippen LogP contribution in [0.5, 0.6) is 0 Å². The summed E-state index contributed by atoms with van der Waals surface area (Å²) in [6.45, 7) is 6.66. The van der Waals surface area contributed by atoms with E-state index in [2.05, 4.69) is 13.5 Å². The Morgan fingerprint density at radius 3 is 1.47 bits per heavy atom. The zero-order chi connectivity index (χ0) is 22.0. The third-order valence-corrected chi connectivity index (χ3v) is 6.05. The molecular formula is C28H54O2. The summed E-state index contributed by atoms with van der Waals surface area (Å²) in [5.41, 5.74) is 0. The van der Waals surface area contributed by atoms with Crippen molar-refractivity contribution in [1.29, 1.82) is 0 Å². The third-order valence-electron chi connectivity index (χ3n) is 6.05. The van der Waals surface area contributed by atoms with Crippen LogP contribution in [-0.2, 0) is 9.53 Å². The second kappa shape index (κ2) is 26.2. The maximum Gasteiger partial charge on any atom is 0.305 e. The van der Waals surface area contributed by atoms with Gasteiger partial charge in [0.1, 0.15) is 0 Å². The molecule has 0 N–H and O–H groups in total. The Morgan fingerprint density at radius 1 is 0.600 bits per heavy atom. The fourth-order valence-corrected chi connectivity index (χ4v) is 4.00. The number of hydrogen-bond donors (Lipinski definition) is 0. The van der Waals surface area contributed by atoms with Crippen LogP contribution in [0.1, 0.15) is 155 Å². The molecule has 0 rings (SSSR count). The lowest BCUT2D eigenvalue weighted by atomic mass is 10.0. The van der Waals surface area contributed by atoms with E-state index in [1.54, 1.807) is 0 Å². The average molecular weight is 423 g/mol. The molecule has 0 aromatic heterocycles. The Labute approximate surface area is 189 Å². The van der Waals surface area contributed by atoms with Gasteiger partial charge in [0.2, 0.25) is 0 Å². The lowest BCUT2D eigenvalue weighted by Crippen LogP contribution is -2.05. The van der Waals surface area contributed by atoms with Crippen molar-refractivity contribution in [3.8, 4) is 0 Å². The minimum Gasteiger partial charge on any atom is -0.466 e. The maximum atomic E-state index is 11.7. The lowest BCUT2D eigenvalue weighted by Gasteiger charge is -2.05. The summed E-state index contributed by atoms with van der Waals surface area (Å²) in [7, 11) is 0. The molecule has 0 spiro atoms. The molecule has 0 unspecified atom stereocenters. The van der Waals surface area contributed by atoms with E-state index < -0.39 is 0 Å². The Bertz CT molecular complexity index is 351. The first-order valence-electron chi connectivity index (χ1n) is 13.6. The highest BCUT2D eigenvalue weighted by atomic mass is 16.5. The van der Waals surface area contributed by atoms with Gasteiger partial charge in [-0.1, -0.05) is 129 Å². The van der Waals surface area contributed by atoms with Gasteiger partial charge in [0.15, 0.2) is 0 Å². The van der Waals surface area contributed by atoms with Crippen molar-refractivity contribution < 1.29 is 9.53 Å². The number of rotatable bonds is 25. The topological polar surface area (TPSA) is 26.3 Å². The van der Waals surface area contributed by atoms with E-state index in [0.717, 1.165) is 25.7 Å². The van der Waals surface area contributed by atoms with E-state index in [1.807, 2.05) is 6.08 Å². The second-order valence-electron chi connectivity index (χ2n) is 9.12. The smallest absolute Gasteiger partial charge is 0.305 e. The summed E-state index contributed by atoms with van der Waals surface area (Å²) in [6.07, 6.45) is 31.4. The summed E-state index contributed by atoms with van der Waals surface area (Å²) >= 11 is 0. The highest BCUT2D eigenvalue weighted by Gasteiger charge is 2.02. The first kappa shape index (κ1) is 29.2. The lowest BCUT2D eigenvalue weighted by molar-refractivity contribution is -0.143. The van der Waals surface area contributed by atoms with E-state index in [0.29, 0.717) is 13.0 Å². The Morgan fingerprint density at radius 2 is 1.00 bits per heavy atom. The summed E-state index contributed by atoms with van der Waals surface area (Å²) < 4.78 is 5.37. The van der Waals surface area contributed by atoms with Crippen molar-refractivity contribution in [1.82, 2.24) is 0 Å². The molecule has 178 valence electrons. The van der Waals surface area contributed by atoms with Gasteiger partial charge >= 0.3 is 5.97 Å². The predicted octanol–water partition coefficient (Wildman–Crippen LogP) is 9.71. The molecule has 0 amide bonds. The number of carbonyl (C=O) groups excluding carboxylic acids is 1. The molecule has 0 aromatic carbocycles. The number of unbranched alkanes of at least 4 members (excludes halogenated alkanes) is 20. The summed E-state index contributed by atoms with van der Waals surface area (Å²) in [5, 5.41) is 0.